The summed E-state index contributed by atoms with van der Waals surface area (Å²) in [5.74, 6) is 1.86. The highest BCUT2D eigenvalue weighted by molar-refractivity contribution is 5.80. The lowest BCUT2D eigenvalue weighted by atomic mass is 9.79. The van der Waals surface area contributed by atoms with E-state index in [1.807, 2.05) is 19.1 Å². The number of hydrogen-bond donors (Lipinski definition) is 3. The van der Waals surface area contributed by atoms with Crippen LogP contribution in [-0.4, -0.2) is 46.9 Å². The molecule has 0 fully saturated rings. The molecule has 0 saturated heterocycles. The first kappa shape index (κ1) is 21.2. The van der Waals surface area contributed by atoms with Gasteiger partial charge in [-0.05, 0) is 50.7 Å². The van der Waals surface area contributed by atoms with Crippen molar-refractivity contribution in [1.82, 2.24) is 20.2 Å². The lowest BCUT2D eigenvalue weighted by Crippen LogP contribution is -2.40. The number of aromatic nitrogens is 2. The highest BCUT2D eigenvalue weighted by atomic mass is 16.3. The van der Waals surface area contributed by atoms with Gasteiger partial charge in [-0.3, -0.25) is 4.99 Å². The summed E-state index contributed by atoms with van der Waals surface area (Å²) in [6.45, 7) is 11.9. The van der Waals surface area contributed by atoms with Crippen molar-refractivity contribution in [2.24, 2.45) is 10.4 Å². The number of para-hydroxylation sites is 2. The minimum absolute atomic E-state index is 0.0776. The van der Waals surface area contributed by atoms with E-state index in [1.54, 1.807) is 0 Å². The van der Waals surface area contributed by atoms with Crippen molar-refractivity contribution in [2.75, 3.05) is 26.2 Å². The number of rotatable bonds is 10. The Morgan fingerprint density at radius 3 is 2.59 bits per heavy atom. The Morgan fingerprint density at radius 2 is 1.93 bits per heavy atom. The van der Waals surface area contributed by atoms with Gasteiger partial charge in [0.05, 0.1) is 11.0 Å². The van der Waals surface area contributed by atoms with Crippen LogP contribution in [0.4, 0.5) is 0 Å². The molecule has 0 aliphatic carbocycles. The third-order valence-electron chi connectivity index (χ3n) is 5.53. The van der Waals surface area contributed by atoms with Gasteiger partial charge >= 0.3 is 0 Å². The second-order valence-electron chi connectivity index (χ2n) is 7.10. The number of aliphatic hydroxyl groups is 1. The Bertz CT molecular complexity index is 733. The number of imidazole rings is 1. The fourth-order valence-corrected chi connectivity index (χ4v) is 3.50. The number of aryl methyl sites for hydroxylation is 1. The summed E-state index contributed by atoms with van der Waals surface area (Å²) in [4.78, 5) is 9.43. The average molecular weight is 374 g/mol. The van der Waals surface area contributed by atoms with E-state index in [2.05, 4.69) is 53.1 Å². The topological polar surface area (TPSA) is 74.5 Å². The van der Waals surface area contributed by atoms with E-state index in [1.165, 1.54) is 0 Å². The van der Waals surface area contributed by atoms with Crippen molar-refractivity contribution in [3.8, 4) is 0 Å². The molecule has 3 N–H and O–H groups in total. The van der Waals surface area contributed by atoms with Crippen LogP contribution < -0.4 is 10.6 Å². The van der Waals surface area contributed by atoms with Gasteiger partial charge in [0, 0.05) is 32.8 Å². The molecule has 6 nitrogen and oxygen atoms in total. The number of nitrogens with one attached hydrogen (secondary N) is 2. The summed E-state index contributed by atoms with van der Waals surface area (Å²) in [6.07, 6.45) is 2.84. The van der Waals surface area contributed by atoms with Crippen LogP contribution in [-0.2, 0) is 6.54 Å². The van der Waals surface area contributed by atoms with Crippen molar-refractivity contribution in [3.05, 3.63) is 30.1 Å². The summed E-state index contributed by atoms with van der Waals surface area (Å²) in [6, 6.07) is 8.23. The predicted molar refractivity (Wildman–Crippen MR) is 113 cm³/mol. The molecule has 150 valence electrons. The standard InChI is InChI=1S/C21H35N5O/c1-5-21(6-2,12-15-27)16-24-20(22-7-3)23-13-14-26-17(4)25-18-10-8-9-11-19(18)26/h8-11,27H,5-7,12-16H2,1-4H3,(H2,22,23,24). The molecule has 1 heterocycles. The molecular formula is C21H35N5O. The van der Waals surface area contributed by atoms with Crippen molar-refractivity contribution in [2.45, 2.75) is 53.5 Å². The van der Waals surface area contributed by atoms with Gasteiger partial charge < -0.3 is 20.3 Å². The van der Waals surface area contributed by atoms with E-state index in [4.69, 9.17) is 4.99 Å². The normalized spacial score (nSPS) is 12.6. The molecule has 2 aromatic rings. The molecule has 0 bridgehead atoms. The summed E-state index contributed by atoms with van der Waals surface area (Å²) >= 11 is 0. The highest BCUT2D eigenvalue weighted by Crippen LogP contribution is 2.30. The SMILES string of the molecule is CCNC(=NCC(CC)(CC)CCO)NCCn1c(C)nc2ccccc21. The molecule has 0 radical (unpaired) electrons. The fraction of sp³-hybridized carbons (Fsp3) is 0.619. The van der Waals surface area contributed by atoms with Crippen molar-refractivity contribution < 1.29 is 5.11 Å². The summed E-state index contributed by atoms with van der Waals surface area (Å²) in [5, 5.41) is 16.2. The van der Waals surface area contributed by atoms with Crippen LogP contribution in [0.3, 0.4) is 0 Å². The Balaban J connectivity index is 2.02. The number of aliphatic hydroxyl groups excluding tert-OH is 1. The third-order valence-corrected chi connectivity index (χ3v) is 5.53. The molecule has 2 rings (SSSR count). The number of aliphatic imine (C=N–C) groups is 1. The van der Waals surface area contributed by atoms with Crippen molar-refractivity contribution in [1.29, 1.82) is 0 Å². The zero-order chi connectivity index (χ0) is 19.7. The molecule has 6 heteroatoms. The Labute approximate surface area is 163 Å². The van der Waals surface area contributed by atoms with Gasteiger partial charge in [-0.25, -0.2) is 4.98 Å². The minimum atomic E-state index is 0.0776. The molecule has 0 aliphatic heterocycles. The average Bonchev–Trinajstić information content (AvgIpc) is 3.00. The van der Waals surface area contributed by atoms with E-state index in [9.17, 15) is 5.11 Å². The van der Waals surface area contributed by atoms with E-state index >= 15 is 0 Å². The third kappa shape index (κ3) is 5.45. The molecule has 0 unspecified atom stereocenters. The summed E-state index contributed by atoms with van der Waals surface area (Å²) in [7, 11) is 0. The summed E-state index contributed by atoms with van der Waals surface area (Å²) < 4.78 is 2.24. The van der Waals surface area contributed by atoms with Crippen LogP contribution in [0.2, 0.25) is 0 Å². The monoisotopic (exact) mass is 373 g/mol. The first-order valence-corrected chi connectivity index (χ1v) is 10.1. The largest absolute Gasteiger partial charge is 0.396 e. The molecule has 1 aromatic carbocycles. The van der Waals surface area contributed by atoms with Gasteiger partial charge in [0.2, 0.25) is 0 Å². The van der Waals surface area contributed by atoms with Crippen LogP contribution in [0.1, 0.15) is 45.9 Å². The first-order chi connectivity index (χ1) is 13.1. The lowest BCUT2D eigenvalue weighted by Gasteiger charge is -2.29. The number of guanidine groups is 1. The molecular weight excluding hydrogens is 338 g/mol. The minimum Gasteiger partial charge on any atom is -0.396 e. The number of fused-ring (bicyclic) bond motifs is 1. The van der Waals surface area contributed by atoms with Crippen molar-refractivity contribution in [3.63, 3.8) is 0 Å². The van der Waals surface area contributed by atoms with E-state index in [0.29, 0.717) is 0 Å². The van der Waals surface area contributed by atoms with Crippen LogP contribution >= 0.6 is 0 Å². The number of benzene rings is 1. The molecule has 0 atom stereocenters. The molecule has 0 aliphatic rings. The maximum Gasteiger partial charge on any atom is 0.191 e. The Kier molecular flexibility index (Phi) is 8.10. The summed E-state index contributed by atoms with van der Waals surface area (Å²) in [5.41, 5.74) is 2.28. The predicted octanol–water partition coefficient (Wildman–Crippen LogP) is 3.09. The van der Waals surface area contributed by atoms with Gasteiger partial charge in [0.25, 0.3) is 0 Å². The maximum absolute atomic E-state index is 9.40. The van der Waals surface area contributed by atoms with Gasteiger partial charge in [-0.15, -0.1) is 0 Å². The van der Waals surface area contributed by atoms with E-state index < -0.39 is 0 Å². The quantitative estimate of drug-likeness (QED) is 0.442. The van der Waals surface area contributed by atoms with Gasteiger partial charge in [0.1, 0.15) is 5.82 Å². The number of nitrogens with zero attached hydrogens (tertiary/aromatic N) is 3. The molecule has 1 aromatic heterocycles. The molecule has 27 heavy (non-hydrogen) atoms. The molecule has 0 spiro atoms. The molecule has 0 amide bonds. The van der Waals surface area contributed by atoms with E-state index in [-0.39, 0.29) is 12.0 Å². The van der Waals surface area contributed by atoms with Gasteiger partial charge in [0.15, 0.2) is 5.96 Å². The second-order valence-corrected chi connectivity index (χ2v) is 7.10. The highest BCUT2D eigenvalue weighted by Gasteiger charge is 2.25. The van der Waals surface area contributed by atoms with Gasteiger partial charge in [-0.2, -0.15) is 0 Å². The van der Waals surface area contributed by atoms with Crippen LogP contribution in [0, 0.1) is 12.3 Å². The second kappa shape index (κ2) is 10.3. The maximum atomic E-state index is 9.40. The van der Waals surface area contributed by atoms with E-state index in [0.717, 1.165) is 68.3 Å². The zero-order valence-electron chi connectivity index (χ0n) is 17.3. The fourth-order valence-electron chi connectivity index (χ4n) is 3.50. The lowest BCUT2D eigenvalue weighted by molar-refractivity contribution is 0.175. The van der Waals surface area contributed by atoms with Crippen LogP contribution in [0.25, 0.3) is 11.0 Å². The van der Waals surface area contributed by atoms with Crippen LogP contribution in [0.5, 0.6) is 0 Å². The smallest absolute Gasteiger partial charge is 0.191 e. The number of hydrogen-bond acceptors (Lipinski definition) is 3. The Hall–Kier alpha value is -2.08. The first-order valence-electron chi connectivity index (χ1n) is 10.1. The Morgan fingerprint density at radius 1 is 1.19 bits per heavy atom. The van der Waals surface area contributed by atoms with Crippen LogP contribution in [0.15, 0.2) is 29.3 Å². The zero-order valence-corrected chi connectivity index (χ0v) is 17.3. The molecule has 0 saturated carbocycles. The van der Waals surface area contributed by atoms with Crippen molar-refractivity contribution >= 4 is 17.0 Å². The van der Waals surface area contributed by atoms with Gasteiger partial charge in [-0.1, -0.05) is 26.0 Å².